The predicted octanol–water partition coefficient (Wildman–Crippen LogP) is 1.84. The van der Waals surface area contributed by atoms with E-state index >= 15 is 0 Å². The molecule has 2 atom stereocenters. The van der Waals surface area contributed by atoms with Gasteiger partial charge in [-0.25, -0.2) is 8.42 Å². The molecule has 1 rings (SSSR count). The summed E-state index contributed by atoms with van der Waals surface area (Å²) < 4.78 is 22.1. The molecule has 0 aliphatic heterocycles. The maximum atomic E-state index is 11.0. The van der Waals surface area contributed by atoms with Gasteiger partial charge < -0.3 is 5.32 Å². The quantitative estimate of drug-likeness (QED) is 0.806. The van der Waals surface area contributed by atoms with Gasteiger partial charge in [0.2, 0.25) is 0 Å². The molecule has 16 heavy (non-hydrogen) atoms. The fraction of sp³-hybridized carbons (Fsp3) is 1.00. The van der Waals surface area contributed by atoms with Crippen molar-refractivity contribution < 1.29 is 8.42 Å². The normalized spacial score (nSPS) is 27.2. The van der Waals surface area contributed by atoms with Crippen molar-refractivity contribution in [1.82, 2.24) is 5.32 Å². The van der Waals surface area contributed by atoms with Gasteiger partial charge in [0.15, 0.2) is 0 Å². The van der Waals surface area contributed by atoms with Crippen LogP contribution in [0.15, 0.2) is 0 Å². The first-order valence-electron chi connectivity index (χ1n) is 6.31. The van der Waals surface area contributed by atoms with Crippen LogP contribution in [0.3, 0.4) is 0 Å². The molecule has 0 radical (unpaired) electrons. The second-order valence-electron chi connectivity index (χ2n) is 5.38. The largest absolute Gasteiger partial charge is 0.313 e. The molecule has 0 aromatic carbocycles. The molecule has 96 valence electrons. The minimum Gasteiger partial charge on any atom is -0.313 e. The fourth-order valence-electron chi connectivity index (χ4n) is 2.64. The van der Waals surface area contributed by atoms with Gasteiger partial charge in [-0.2, -0.15) is 0 Å². The van der Waals surface area contributed by atoms with Crippen LogP contribution in [0.4, 0.5) is 0 Å². The van der Waals surface area contributed by atoms with Crippen molar-refractivity contribution in [1.29, 1.82) is 0 Å². The first kappa shape index (κ1) is 14.0. The maximum absolute atomic E-state index is 11.0. The average molecular weight is 247 g/mol. The van der Waals surface area contributed by atoms with Crippen LogP contribution in [-0.2, 0) is 9.84 Å². The van der Waals surface area contributed by atoms with Gasteiger partial charge in [0.25, 0.3) is 0 Å². The van der Waals surface area contributed by atoms with Crippen molar-refractivity contribution in [2.75, 3.05) is 18.6 Å². The summed E-state index contributed by atoms with van der Waals surface area (Å²) in [6.07, 6.45) is 6.39. The van der Waals surface area contributed by atoms with Gasteiger partial charge in [-0.3, -0.25) is 0 Å². The molecule has 2 unspecified atom stereocenters. The van der Waals surface area contributed by atoms with E-state index in [9.17, 15) is 8.42 Å². The molecule has 0 amide bonds. The summed E-state index contributed by atoms with van der Waals surface area (Å²) in [6, 6.07) is 0.524. The summed E-state index contributed by atoms with van der Waals surface area (Å²) in [5.74, 6) is 1.67. The minimum atomic E-state index is -2.83. The number of hydrogen-bond donors (Lipinski definition) is 1. The first-order chi connectivity index (χ1) is 7.40. The Morgan fingerprint density at radius 1 is 1.25 bits per heavy atom. The number of rotatable bonds is 5. The Morgan fingerprint density at radius 2 is 1.88 bits per heavy atom. The molecule has 0 aromatic heterocycles. The van der Waals surface area contributed by atoms with Crippen molar-refractivity contribution in [2.24, 2.45) is 11.8 Å². The highest BCUT2D eigenvalue weighted by Crippen LogP contribution is 2.29. The van der Waals surface area contributed by atoms with E-state index in [-0.39, 0.29) is 5.75 Å². The molecule has 1 saturated carbocycles. The molecular weight excluding hydrogens is 222 g/mol. The molecule has 0 bridgehead atoms. The molecule has 0 aromatic rings. The van der Waals surface area contributed by atoms with Crippen molar-refractivity contribution in [3.8, 4) is 0 Å². The van der Waals surface area contributed by atoms with Gasteiger partial charge in [-0.1, -0.05) is 26.7 Å². The highest BCUT2D eigenvalue weighted by Gasteiger charge is 2.26. The number of sulfone groups is 1. The first-order valence-corrected chi connectivity index (χ1v) is 8.37. The van der Waals surface area contributed by atoms with Gasteiger partial charge in [-0.05, 0) is 24.7 Å². The van der Waals surface area contributed by atoms with Crippen LogP contribution >= 0.6 is 0 Å². The lowest BCUT2D eigenvalue weighted by Gasteiger charge is -2.35. The van der Waals surface area contributed by atoms with Crippen molar-refractivity contribution in [3.05, 3.63) is 0 Å². The van der Waals surface area contributed by atoms with Gasteiger partial charge in [-0.15, -0.1) is 0 Å². The lowest BCUT2D eigenvalue weighted by Crippen LogP contribution is -2.42. The molecule has 1 fully saturated rings. The minimum absolute atomic E-state index is 0.258. The Balaban J connectivity index is 2.38. The third kappa shape index (κ3) is 4.83. The molecule has 1 aliphatic rings. The lowest BCUT2D eigenvalue weighted by atomic mass is 9.78. The van der Waals surface area contributed by atoms with Crippen LogP contribution in [0.1, 0.15) is 39.5 Å². The van der Waals surface area contributed by atoms with Crippen molar-refractivity contribution >= 4 is 9.84 Å². The lowest BCUT2D eigenvalue weighted by molar-refractivity contribution is 0.208. The molecule has 0 saturated heterocycles. The van der Waals surface area contributed by atoms with Gasteiger partial charge in [0.05, 0.1) is 5.75 Å². The summed E-state index contributed by atoms with van der Waals surface area (Å²) in [6.45, 7) is 5.13. The van der Waals surface area contributed by atoms with E-state index in [1.165, 1.54) is 31.9 Å². The molecule has 4 heteroatoms. The van der Waals surface area contributed by atoms with Crippen LogP contribution in [0.2, 0.25) is 0 Å². The summed E-state index contributed by atoms with van der Waals surface area (Å²) in [4.78, 5) is 0. The van der Waals surface area contributed by atoms with E-state index in [4.69, 9.17) is 0 Å². The van der Waals surface area contributed by atoms with Crippen LogP contribution in [0.5, 0.6) is 0 Å². The highest BCUT2D eigenvalue weighted by molar-refractivity contribution is 7.90. The van der Waals surface area contributed by atoms with Crippen LogP contribution in [0, 0.1) is 11.8 Å². The standard InChI is InChI=1S/C12H25NO2S/c1-10(2)11-6-4-5-7-12(11)13-8-9-16(3,14)15/h10-13H,4-9H2,1-3H3. The molecular formula is C12H25NO2S. The SMILES string of the molecule is CC(C)C1CCCCC1NCCS(C)(=O)=O. The van der Waals surface area contributed by atoms with E-state index in [1.807, 2.05) is 0 Å². The maximum Gasteiger partial charge on any atom is 0.148 e. The smallest absolute Gasteiger partial charge is 0.148 e. The van der Waals surface area contributed by atoms with Crippen molar-refractivity contribution in [2.45, 2.75) is 45.6 Å². The molecule has 3 nitrogen and oxygen atoms in total. The number of hydrogen-bond acceptors (Lipinski definition) is 3. The molecule has 0 spiro atoms. The molecule has 0 heterocycles. The van der Waals surface area contributed by atoms with Gasteiger partial charge in [0, 0.05) is 18.8 Å². The third-order valence-corrected chi connectivity index (χ3v) is 4.50. The van der Waals surface area contributed by atoms with Gasteiger partial charge >= 0.3 is 0 Å². The Bertz CT molecular complexity index is 298. The fourth-order valence-corrected chi connectivity index (χ4v) is 3.13. The monoisotopic (exact) mass is 247 g/mol. The summed E-state index contributed by atoms with van der Waals surface area (Å²) in [5.41, 5.74) is 0. The Labute approximate surface area is 99.9 Å². The Kier molecular flexibility index (Phi) is 5.25. The molecule has 1 aliphatic carbocycles. The summed E-state index contributed by atoms with van der Waals surface area (Å²) in [5, 5.41) is 3.43. The topological polar surface area (TPSA) is 46.2 Å². The van der Waals surface area contributed by atoms with Crippen LogP contribution < -0.4 is 5.32 Å². The number of nitrogens with one attached hydrogen (secondary N) is 1. The van der Waals surface area contributed by atoms with Crippen LogP contribution in [-0.4, -0.2) is 33.0 Å². The predicted molar refractivity (Wildman–Crippen MR) is 68.3 cm³/mol. The third-order valence-electron chi connectivity index (χ3n) is 3.56. The second-order valence-corrected chi connectivity index (χ2v) is 7.64. The zero-order valence-electron chi connectivity index (χ0n) is 10.7. The van der Waals surface area contributed by atoms with Gasteiger partial charge in [0.1, 0.15) is 9.84 Å². The summed E-state index contributed by atoms with van der Waals surface area (Å²) in [7, 11) is -2.83. The average Bonchev–Trinajstić information content (AvgIpc) is 2.16. The Hall–Kier alpha value is -0.0900. The summed E-state index contributed by atoms with van der Waals surface area (Å²) >= 11 is 0. The van der Waals surface area contributed by atoms with Crippen molar-refractivity contribution in [3.63, 3.8) is 0 Å². The van der Waals surface area contributed by atoms with E-state index in [2.05, 4.69) is 19.2 Å². The van der Waals surface area contributed by atoms with E-state index in [0.29, 0.717) is 24.4 Å². The van der Waals surface area contributed by atoms with E-state index in [1.54, 1.807) is 0 Å². The molecule has 1 N–H and O–H groups in total. The zero-order chi connectivity index (χ0) is 12.2. The second kappa shape index (κ2) is 6.01. The van der Waals surface area contributed by atoms with E-state index < -0.39 is 9.84 Å². The van der Waals surface area contributed by atoms with E-state index in [0.717, 1.165) is 0 Å². The highest BCUT2D eigenvalue weighted by atomic mass is 32.2. The van der Waals surface area contributed by atoms with Crippen LogP contribution in [0.25, 0.3) is 0 Å². The Morgan fingerprint density at radius 3 is 2.44 bits per heavy atom. The zero-order valence-corrected chi connectivity index (χ0v) is 11.5.